The van der Waals surface area contributed by atoms with E-state index in [2.05, 4.69) is 4.74 Å². The summed E-state index contributed by atoms with van der Waals surface area (Å²) in [5, 5.41) is -4.57. The Morgan fingerprint density at radius 3 is 2.29 bits per heavy atom. The van der Waals surface area contributed by atoms with Crippen molar-refractivity contribution in [3.63, 3.8) is 0 Å². The molecule has 8 heteroatoms. The monoisotopic (exact) mass is 322 g/mol. The van der Waals surface area contributed by atoms with Crippen molar-refractivity contribution in [2.24, 2.45) is 0 Å². The fourth-order valence-corrected chi connectivity index (χ4v) is 1.83. The van der Waals surface area contributed by atoms with E-state index < -0.39 is 27.8 Å². The molecule has 1 aromatic carbocycles. The van der Waals surface area contributed by atoms with Crippen LogP contribution in [0, 0.1) is 0 Å². The van der Waals surface area contributed by atoms with Crippen molar-refractivity contribution in [3.8, 4) is 5.75 Å². The summed E-state index contributed by atoms with van der Waals surface area (Å²) < 4.78 is 59.6. The Hall–Kier alpha value is -1.54. The average Bonchev–Trinajstić information content (AvgIpc) is 2.36. The van der Waals surface area contributed by atoms with Gasteiger partial charge < -0.3 is 4.74 Å². The lowest BCUT2D eigenvalue weighted by Crippen LogP contribution is -2.32. The average molecular weight is 322 g/mol. The first kappa shape index (κ1) is 17.5. The fraction of sp³-hybridized carbons (Fsp3) is 0.462. The molecular formula is C13H16F2O5S. The molecule has 1 aromatic rings. The molecule has 0 heterocycles. The molecule has 0 saturated heterocycles. The van der Waals surface area contributed by atoms with Crippen molar-refractivity contribution in [3.05, 3.63) is 29.8 Å². The minimum atomic E-state index is -5.65. The molecule has 0 aliphatic heterocycles. The topological polar surface area (TPSA) is 80.7 Å². The maximum absolute atomic E-state index is 13.0. The van der Waals surface area contributed by atoms with Crippen LogP contribution in [-0.4, -0.2) is 24.2 Å². The van der Waals surface area contributed by atoms with Crippen LogP contribution in [0.3, 0.4) is 0 Å². The molecule has 0 aliphatic rings. The molecule has 0 aliphatic carbocycles. The normalized spacial score (nSPS) is 13.8. The van der Waals surface area contributed by atoms with Crippen LogP contribution in [0.2, 0.25) is 0 Å². The quantitative estimate of drug-likeness (QED) is 0.495. The van der Waals surface area contributed by atoms with Gasteiger partial charge in [0.25, 0.3) is 0 Å². The minimum Gasteiger partial charge on any atom is -0.426 e. The van der Waals surface area contributed by atoms with Crippen LogP contribution in [0.1, 0.15) is 38.2 Å². The van der Waals surface area contributed by atoms with Gasteiger partial charge in [-0.25, -0.2) is 0 Å². The summed E-state index contributed by atoms with van der Waals surface area (Å²) in [6.45, 7) is 4.02. The third kappa shape index (κ3) is 4.75. The maximum atomic E-state index is 13.0. The van der Waals surface area contributed by atoms with E-state index in [-0.39, 0.29) is 5.75 Å². The van der Waals surface area contributed by atoms with Crippen LogP contribution < -0.4 is 4.74 Å². The molecule has 0 saturated carbocycles. The lowest BCUT2D eigenvalue weighted by Gasteiger charge is -2.13. The summed E-state index contributed by atoms with van der Waals surface area (Å²) in [5.74, 6) is -1.12. The van der Waals surface area contributed by atoms with Gasteiger partial charge >= 0.3 is 21.3 Å². The van der Waals surface area contributed by atoms with Gasteiger partial charge in [-0.15, -0.1) is 0 Å². The summed E-state index contributed by atoms with van der Waals surface area (Å²) >= 11 is 0. The molecule has 1 unspecified atom stereocenters. The van der Waals surface area contributed by atoms with Gasteiger partial charge in [0.05, 0.1) is 0 Å². The molecule has 0 radical (unpaired) electrons. The standard InChI is InChI=1S/C13H16F2O5S/c1-3-9(2)10-4-6-11(7-5-10)20-12(16)8-13(14,15)21(17,18)19/h4-7,9H,3,8H2,1-2H3,(H,17,18,19). The van der Waals surface area contributed by atoms with Crippen molar-refractivity contribution in [2.75, 3.05) is 0 Å². The lowest BCUT2D eigenvalue weighted by atomic mass is 9.99. The molecular weight excluding hydrogens is 306 g/mol. The number of alkyl halides is 2. The van der Waals surface area contributed by atoms with Crippen molar-refractivity contribution in [1.82, 2.24) is 0 Å². The smallest absolute Gasteiger partial charge is 0.380 e. The molecule has 0 fully saturated rings. The van der Waals surface area contributed by atoms with Gasteiger partial charge in [-0.1, -0.05) is 26.0 Å². The first-order valence-electron chi connectivity index (χ1n) is 6.22. The van der Waals surface area contributed by atoms with Gasteiger partial charge in [0.15, 0.2) is 0 Å². The van der Waals surface area contributed by atoms with Crippen LogP contribution in [0.5, 0.6) is 5.75 Å². The van der Waals surface area contributed by atoms with E-state index >= 15 is 0 Å². The third-order valence-corrected chi connectivity index (χ3v) is 3.92. The van der Waals surface area contributed by atoms with Crippen molar-refractivity contribution >= 4 is 16.1 Å². The summed E-state index contributed by atoms with van der Waals surface area (Å²) in [6.07, 6.45) is -0.835. The summed E-state index contributed by atoms with van der Waals surface area (Å²) in [4.78, 5) is 11.3. The van der Waals surface area contributed by atoms with Gasteiger partial charge in [-0.05, 0) is 30.0 Å². The van der Waals surface area contributed by atoms with Gasteiger partial charge in [0.1, 0.15) is 12.2 Å². The number of carbonyl (C=O) groups is 1. The molecule has 1 atom stereocenters. The summed E-state index contributed by atoms with van der Waals surface area (Å²) in [5.41, 5.74) is 1.00. The number of ether oxygens (including phenoxy) is 1. The van der Waals surface area contributed by atoms with E-state index in [0.717, 1.165) is 12.0 Å². The molecule has 5 nitrogen and oxygen atoms in total. The minimum absolute atomic E-state index is 0.0261. The van der Waals surface area contributed by atoms with Crippen LogP contribution in [0.4, 0.5) is 8.78 Å². The Labute approximate surface area is 121 Å². The predicted molar refractivity (Wildman–Crippen MR) is 71.9 cm³/mol. The Morgan fingerprint density at radius 1 is 1.33 bits per heavy atom. The molecule has 0 bridgehead atoms. The number of hydrogen-bond donors (Lipinski definition) is 1. The summed E-state index contributed by atoms with van der Waals surface area (Å²) in [7, 11) is -5.65. The van der Waals surface area contributed by atoms with Crippen LogP contribution in [0.25, 0.3) is 0 Å². The third-order valence-electron chi connectivity index (χ3n) is 3.02. The van der Waals surface area contributed by atoms with Gasteiger partial charge in [-0.2, -0.15) is 17.2 Å². The summed E-state index contributed by atoms with van der Waals surface area (Å²) in [6, 6.07) is 6.26. The molecule has 118 valence electrons. The number of halogens is 2. The largest absolute Gasteiger partial charge is 0.426 e. The lowest BCUT2D eigenvalue weighted by molar-refractivity contribution is -0.138. The number of carbonyl (C=O) groups excluding carboxylic acids is 1. The second-order valence-electron chi connectivity index (χ2n) is 4.64. The molecule has 0 aromatic heterocycles. The number of esters is 1. The number of rotatable bonds is 6. The molecule has 0 spiro atoms. The second-order valence-corrected chi connectivity index (χ2v) is 6.19. The Balaban J connectivity index is 2.72. The SMILES string of the molecule is CCC(C)c1ccc(OC(=O)CC(F)(F)S(=O)(=O)O)cc1. The van der Waals surface area contributed by atoms with Crippen LogP contribution >= 0.6 is 0 Å². The first-order valence-corrected chi connectivity index (χ1v) is 7.66. The Kier molecular flexibility index (Phi) is 5.41. The van der Waals surface area contributed by atoms with Crippen molar-refractivity contribution in [1.29, 1.82) is 0 Å². The number of hydrogen-bond acceptors (Lipinski definition) is 4. The van der Waals surface area contributed by atoms with Gasteiger partial charge in [0, 0.05) is 0 Å². The highest BCUT2D eigenvalue weighted by atomic mass is 32.2. The van der Waals surface area contributed by atoms with E-state index in [1.807, 2.05) is 13.8 Å². The zero-order valence-electron chi connectivity index (χ0n) is 11.5. The van der Waals surface area contributed by atoms with Crippen LogP contribution in [0.15, 0.2) is 24.3 Å². The fourth-order valence-electron chi connectivity index (χ4n) is 1.53. The maximum Gasteiger partial charge on any atom is 0.380 e. The molecule has 0 amide bonds. The predicted octanol–water partition coefficient (Wildman–Crippen LogP) is 2.98. The van der Waals surface area contributed by atoms with Crippen molar-refractivity contribution in [2.45, 2.75) is 37.9 Å². The van der Waals surface area contributed by atoms with E-state index in [0.29, 0.717) is 5.92 Å². The number of benzene rings is 1. The zero-order chi connectivity index (χ0) is 16.3. The van der Waals surface area contributed by atoms with Gasteiger partial charge in [0.2, 0.25) is 0 Å². The van der Waals surface area contributed by atoms with E-state index in [1.165, 1.54) is 12.1 Å². The molecule has 1 rings (SSSR count). The zero-order valence-corrected chi connectivity index (χ0v) is 12.4. The first-order chi connectivity index (χ1) is 9.56. The highest BCUT2D eigenvalue weighted by Gasteiger charge is 2.46. The molecule has 1 N–H and O–H groups in total. The van der Waals surface area contributed by atoms with E-state index in [1.54, 1.807) is 12.1 Å². The van der Waals surface area contributed by atoms with E-state index in [4.69, 9.17) is 4.55 Å². The second kappa shape index (κ2) is 6.48. The van der Waals surface area contributed by atoms with E-state index in [9.17, 15) is 22.0 Å². The highest BCUT2D eigenvalue weighted by molar-refractivity contribution is 7.86. The van der Waals surface area contributed by atoms with Crippen LogP contribution in [-0.2, 0) is 14.9 Å². The molecule has 21 heavy (non-hydrogen) atoms. The van der Waals surface area contributed by atoms with Crippen molar-refractivity contribution < 1.29 is 31.3 Å². The highest BCUT2D eigenvalue weighted by Crippen LogP contribution is 2.26. The Morgan fingerprint density at radius 2 is 1.86 bits per heavy atom. The Bertz CT molecular complexity index is 595. The van der Waals surface area contributed by atoms with Gasteiger partial charge in [-0.3, -0.25) is 9.35 Å².